The van der Waals surface area contributed by atoms with E-state index in [2.05, 4.69) is 48.4 Å². The molecule has 0 saturated heterocycles. The van der Waals surface area contributed by atoms with Crippen molar-refractivity contribution in [2.24, 2.45) is 0 Å². The number of thiophene rings is 1. The summed E-state index contributed by atoms with van der Waals surface area (Å²) in [5.74, 6) is 0.832. The Morgan fingerprint density at radius 3 is 2.94 bits per heavy atom. The van der Waals surface area contributed by atoms with Gasteiger partial charge in [-0.05, 0) is 42.3 Å². The van der Waals surface area contributed by atoms with E-state index in [1.54, 1.807) is 48.1 Å². The van der Waals surface area contributed by atoms with E-state index in [9.17, 15) is 9.18 Å². The average molecular weight is 510 g/mol. The number of amides is 2. The zero-order valence-electron chi connectivity index (χ0n) is 18.8. The Morgan fingerprint density at radius 1 is 1.14 bits per heavy atom. The minimum atomic E-state index is -0.578. The molecule has 5 rings (SSSR count). The minimum absolute atomic E-state index is 0.416. The van der Waals surface area contributed by atoms with Gasteiger partial charge in [0, 0.05) is 41.1 Å². The highest BCUT2D eigenvalue weighted by molar-refractivity contribution is 7.20. The number of anilines is 3. The summed E-state index contributed by atoms with van der Waals surface area (Å²) in [6, 6.07) is 8.40. The van der Waals surface area contributed by atoms with Gasteiger partial charge in [-0.1, -0.05) is 18.2 Å². The number of halogens is 1. The lowest BCUT2D eigenvalue weighted by Gasteiger charge is -2.11. The lowest BCUT2D eigenvalue weighted by molar-refractivity contribution is 0.262. The third-order valence-corrected chi connectivity index (χ3v) is 7.65. The largest absolute Gasteiger partial charge is 0.368 e. The van der Waals surface area contributed by atoms with E-state index in [1.165, 1.54) is 21.8 Å². The number of thiazole rings is 1. The number of benzene rings is 1. The maximum absolute atomic E-state index is 12.8. The number of nitrogens with zero attached hydrogens (tertiary/aromatic N) is 3. The van der Waals surface area contributed by atoms with Gasteiger partial charge in [0.15, 0.2) is 5.13 Å². The highest BCUT2D eigenvalue weighted by Crippen LogP contribution is 2.34. The van der Waals surface area contributed by atoms with Gasteiger partial charge in [0.05, 0.1) is 10.2 Å². The molecule has 0 unspecified atom stereocenters. The summed E-state index contributed by atoms with van der Waals surface area (Å²) < 4.78 is 13.9. The van der Waals surface area contributed by atoms with Gasteiger partial charge >= 0.3 is 6.03 Å². The number of carbonyl (C=O) groups is 1. The van der Waals surface area contributed by atoms with Crippen LogP contribution < -0.4 is 21.3 Å². The Balaban J connectivity index is 1.16. The van der Waals surface area contributed by atoms with E-state index >= 15 is 0 Å². The number of aromatic nitrogens is 3. The smallest absolute Gasteiger partial charge is 0.325 e. The molecule has 0 spiro atoms. The molecule has 4 heterocycles. The first kappa shape index (κ1) is 23.3. The van der Waals surface area contributed by atoms with Gasteiger partial charge < -0.3 is 16.0 Å². The molecule has 0 fully saturated rings. The number of fused-ring (bicyclic) bond motifs is 1. The molecule has 1 aliphatic heterocycles. The zero-order chi connectivity index (χ0) is 24.0. The minimum Gasteiger partial charge on any atom is -0.368 e. The predicted molar refractivity (Wildman–Crippen MR) is 141 cm³/mol. The number of rotatable bonds is 8. The van der Waals surface area contributed by atoms with Crippen LogP contribution in [0.25, 0.3) is 15.8 Å². The van der Waals surface area contributed by atoms with Gasteiger partial charge in [-0.2, -0.15) is 0 Å². The monoisotopic (exact) mass is 509 g/mol. The number of hydrogen-bond acceptors (Lipinski definition) is 8. The Morgan fingerprint density at radius 2 is 2.09 bits per heavy atom. The third-order valence-electron chi connectivity index (χ3n) is 5.47. The van der Waals surface area contributed by atoms with Crippen LogP contribution in [0, 0.1) is 0 Å². The van der Waals surface area contributed by atoms with Gasteiger partial charge in [0.1, 0.15) is 18.8 Å². The predicted octanol–water partition coefficient (Wildman–Crippen LogP) is 5.29. The lowest BCUT2D eigenvalue weighted by atomic mass is 10.1. The molecule has 0 bridgehead atoms. The summed E-state index contributed by atoms with van der Waals surface area (Å²) in [6.45, 7) is 2.00. The molecule has 0 saturated carbocycles. The van der Waals surface area contributed by atoms with E-state index in [0.717, 1.165) is 46.8 Å². The van der Waals surface area contributed by atoms with E-state index < -0.39 is 12.7 Å². The van der Waals surface area contributed by atoms with Crippen molar-refractivity contribution in [3.63, 3.8) is 0 Å². The molecule has 180 valence electrons. The third kappa shape index (κ3) is 5.81. The zero-order valence-corrected chi connectivity index (χ0v) is 20.4. The molecule has 1 aromatic carbocycles. The van der Waals surface area contributed by atoms with Crippen LogP contribution in [0.4, 0.5) is 25.8 Å². The number of hydrogen-bond donors (Lipinski definition) is 4. The molecular weight excluding hydrogens is 485 g/mol. The van der Waals surface area contributed by atoms with Crippen LogP contribution in [-0.4, -0.2) is 40.6 Å². The molecule has 0 atom stereocenters. The summed E-state index contributed by atoms with van der Waals surface area (Å²) >= 11 is 3.14. The van der Waals surface area contributed by atoms with Crippen molar-refractivity contribution in [1.29, 1.82) is 0 Å². The van der Waals surface area contributed by atoms with Gasteiger partial charge in [0.25, 0.3) is 0 Å². The molecule has 2 amide bonds. The fourth-order valence-corrected chi connectivity index (χ4v) is 5.71. The molecule has 1 aliphatic rings. The van der Waals surface area contributed by atoms with Crippen molar-refractivity contribution in [1.82, 2.24) is 20.3 Å². The normalized spacial score (nSPS) is 13.5. The number of alkyl halides is 1. The molecule has 35 heavy (non-hydrogen) atoms. The van der Waals surface area contributed by atoms with Crippen molar-refractivity contribution in [2.75, 3.05) is 35.6 Å². The molecule has 3 aromatic heterocycles. The van der Waals surface area contributed by atoms with E-state index in [1.807, 2.05) is 0 Å². The Hall–Kier alpha value is -3.41. The summed E-state index contributed by atoms with van der Waals surface area (Å²) in [7, 11) is 0. The van der Waals surface area contributed by atoms with Crippen LogP contribution in [0.15, 0.2) is 48.9 Å². The summed E-state index contributed by atoms with van der Waals surface area (Å²) in [4.78, 5) is 27.7. The molecular formula is C24H24FN7OS2. The quantitative estimate of drug-likeness (QED) is 0.257. The summed E-state index contributed by atoms with van der Waals surface area (Å²) in [5, 5.41) is 12.7. The van der Waals surface area contributed by atoms with Crippen molar-refractivity contribution in [3.05, 3.63) is 64.2 Å². The van der Waals surface area contributed by atoms with E-state index in [4.69, 9.17) is 0 Å². The standard InChI is InChI=1S/C24H24FN7OS2/c25-12-15-2-1-3-17(10-15)31-23(33)32-24-28-13-18(34-24)6-9-27-22-21-19(29-14-30-22)11-20(35-21)16-4-7-26-8-5-16/h1-4,10-11,13-14,26H,5-9,12H2,(H,27,29,30)(H2,28,31,32,33). The first-order valence-electron chi connectivity index (χ1n) is 11.2. The molecule has 0 radical (unpaired) electrons. The second kappa shape index (κ2) is 10.9. The van der Waals surface area contributed by atoms with E-state index in [-0.39, 0.29) is 0 Å². The maximum Gasteiger partial charge on any atom is 0.325 e. The van der Waals surface area contributed by atoms with Crippen molar-refractivity contribution >= 4 is 61.1 Å². The van der Waals surface area contributed by atoms with Crippen molar-refractivity contribution in [2.45, 2.75) is 19.5 Å². The van der Waals surface area contributed by atoms with Crippen molar-refractivity contribution < 1.29 is 9.18 Å². The first-order valence-corrected chi connectivity index (χ1v) is 12.9. The highest BCUT2D eigenvalue weighted by Gasteiger charge is 2.13. The van der Waals surface area contributed by atoms with Gasteiger partial charge in [-0.25, -0.2) is 24.1 Å². The van der Waals surface area contributed by atoms with E-state index in [0.29, 0.717) is 22.9 Å². The molecule has 4 aromatic rings. The molecule has 8 nitrogen and oxygen atoms in total. The van der Waals surface area contributed by atoms with Crippen LogP contribution in [0.1, 0.15) is 21.7 Å². The Labute approximate surface area is 209 Å². The Kier molecular flexibility index (Phi) is 7.26. The fourth-order valence-electron chi connectivity index (χ4n) is 3.76. The highest BCUT2D eigenvalue weighted by atomic mass is 32.1. The summed E-state index contributed by atoms with van der Waals surface area (Å²) in [6.07, 6.45) is 7.35. The number of urea groups is 1. The van der Waals surface area contributed by atoms with Crippen LogP contribution in [0.2, 0.25) is 0 Å². The summed E-state index contributed by atoms with van der Waals surface area (Å²) in [5.41, 5.74) is 3.36. The molecule has 11 heteroatoms. The average Bonchev–Trinajstić information content (AvgIpc) is 3.52. The van der Waals surface area contributed by atoms with Gasteiger partial charge in [-0.15, -0.1) is 22.7 Å². The SMILES string of the molecule is O=C(Nc1cccc(CF)c1)Nc1ncc(CCNc2ncnc3cc(C4=CCNCC4)sc23)s1. The fraction of sp³-hybridized carbons (Fsp3) is 0.250. The second-order valence-corrected chi connectivity index (χ2v) is 10.1. The topological polar surface area (TPSA) is 104 Å². The molecule has 0 aliphatic carbocycles. The van der Waals surface area contributed by atoms with Crippen LogP contribution in [0.3, 0.4) is 0 Å². The van der Waals surface area contributed by atoms with Gasteiger partial charge in [0.2, 0.25) is 0 Å². The van der Waals surface area contributed by atoms with Gasteiger partial charge in [-0.3, -0.25) is 5.32 Å². The number of carbonyl (C=O) groups excluding carboxylic acids is 1. The van der Waals surface area contributed by atoms with Crippen LogP contribution >= 0.6 is 22.7 Å². The van der Waals surface area contributed by atoms with Crippen LogP contribution in [-0.2, 0) is 13.1 Å². The first-order chi connectivity index (χ1) is 17.2. The second-order valence-electron chi connectivity index (χ2n) is 7.95. The maximum atomic E-state index is 12.8. The number of nitrogens with one attached hydrogen (secondary N) is 4. The Bertz CT molecular complexity index is 1370. The van der Waals surface area contributed by atoms with Crippen molar-refractivity contribution in [3.8, 4) is 0 Å². The lowest BCUT2D eigenvalue weighted by Crippen LogP contribution is -2.19. The van der Waals surface area contributed by atoms with Crippen LogP contribution in [0.5, 0.6) is 0 Å². The molecule has 4 N–H and O–H groups in total.